The van der Waals surface area contributed by atoms with Crippen molar-refractivity contribution in [3.8, 4) is 0 Å². The molecule has 0 saturated carbocycles. The molecule has 1 aromatic heterocycles. The summed E-state index contributed by atoms with van der Waals surface area (Å²) < 4.78 is 2.63. The SMILES string of the molecule is C[C@@H](O)c1ccc(Sc2ncnn2C)cc1Br. The molecule has 0 bridgehead atoms. The maximum atomic E-state index is 9.53. The van der Waals surface area contributed by atoms with E-state index < -0.39 is 6.10 Å². The highest BCUT2D eigenvalue weighted by molar-refractivity contribution is 9.10. The fourth-order valence-corrected chi connectivity index (χ4v) is 3.06. The van der Waals surface area contributed by atoms with E-state index in [1.54, 1.807) is 11.6 Å². The van der Waals surface area contributed by atoms with Crippen molar-refractivity contribution >= 4 is 27.7 Å². The van der Waals surface area contributed by atoms with E-state index in [1.165, 1.54) is 18.1 Å². The van der Waals surface area contributed by atoms with Crippen molar-refractivity contribution in [1.29, 1.82) is 0 Å². The zero-order chi connectivity index (χ0) is 12.4. The van der Waals surface area contributed by atoms with Crippen LogP contribution in [0.25, 0.3) is 0 Å². The third kappa shape index (κ3) is 2.88. The highest BCUT2D eigenvalue weighted by Gasteiger charge is 2.09. The minimum absolute atomic E-state index is 0.474. The number of hydrogen-bond donors (Lipinski definition) is 1. The number of aliphatic hydroxyl groups excluding tert-OH is 1. The number of benzene rings is 1. The second kappa shape index (κ2) is 5.20. The van der Waals surface area contributed by atoms with Crippen LogP contribution in [0, 0.1) is 0 Å². The molecule has 17 heavy (non-hydrogen) atoms. The van der Waals surface area contributed by atoms with E-state index in [1.807, 2.05) is 25.2 Å². The van der Waals surface area contributed by atoms with Crippen LogP contribution in [0.3, 0.4) is 0 Å². The Balaban J connectivity index is 2.24. The molecule has 0 unspecified atom stereocenters. The van der Waals surface area contributed by atoms with Crippen LogP contribution in [0.2, 0.25) is 0 Å². The summed E-state index contributed by atoms with van der Waals surface area (Å²) in [5.74, 6) is 0. The molecule has 1 atom stereocenters. The van der Waals surface area contributed by atoms with Crippen molar-refractivity contribution in [2.75, 3.05) is 0 Å². The molecule has 4 nitrogen and oxygen atoms in total. The van der Waals surface area contributed by atoms with Gasteiger partial charge in [0.2, 0.25) is 0 Å². The number of halogens is 1. The first kappa shape index (κ1) is 12.6. The van der Waals surface area contributed by atoms with Crippen LogP contribution < -0.4 is 0 Å². The Hall–Kier alpha value is -0.850. The fraction of sp³-hybridized carbons (Fsp3) is 0.273. The van der Waals surface area contributed by atoms with Crippen molar-refractivity contribution in [3.05, 3.63) is 34.6 Å². The van der Waals surface area contributed by atoms with Crippen LogP contribution in [0.1, 0.15) is 18.6 Å². The molecule has 0 fully saturated rings. The minimum atomic E-state index is -0.474. The predicted octanol–water partition coefficient (Wildman–Crippen LogP) is 2.78. The Morgan fingerprint density at radius 1 is 1.47 bits per heavy atom. The molecule has 6 heteroatoms. The summed E-state index contributed by atoms with van der Waals surface area (Å²) in [4.78, 5) is 5.20. The lowest BCUT2D eigenvalue weighted by atomic mass is 10.1. The van der Waals surface area contributed by atoms with Gasteiger partial charge in [-0.15, -0.1) is 0 Å². The summed E-state index contributed by atoms with van der Waals surface area (Å²) in [6.45, 7) is 1.75. The van der Waals surface area contributed by atoms with Crippen LogP contribution in [0.4, 0.5) is 0 Å². The number of nitrogens with zero attached hydrogens (tertiary/aromatic N) is 3. The quantitative estimate of drug-likeness (QED) is 0.946. The predicted molar refractivity (Wildman–Crippen MR) is 69.9 cm³/mol. The highest BCUT2D eigenvalue weighted by atomic mass is 79.9. The number of hydrogen-bond acceptors (Lipinski definition) is 4. The summed E-state index contributed by atoms with van der Waals surface area (Å²) in [6.07, 6.45) is 1.06. The van der Waals surface area contributed by atoms with Crippen molar-refractivity contribution in [2.24, 2.45) is 7.05 Å². The Bertz CT molecular complexity index is 527. The van der Waals surface area contributed by atoms with Crippen LogP contribution in [-0.4, -0.2) is 19.9 Å². The zero-order valence-electron chi connectivity index (χ0n) is 9.46. The summed E-state index contributed by atoms with van der Waals surface area (Å²) in [7, 11) is 1.86. The molecule has 2 aromatic rings. The lowest BCUT2D eigenvalue weighted by Gasteiger charge is -2.09. The second-order valence-corrected chi connectivity index (χ2v) is 5.52. The molecular formula is C11H12BrN3OS. The van der Waals surface area contributed by atoms with Crippen LogP contribution in [-0.2, 0) is 7.05 Å². The second-order valence-electron chi connectivity index (χ2n) is 3.63. The van der Waals surface area contributed by atoms with Crippen molar-refractivity contribution in [2.45, 2.75) is 23.1 Å². The van der Waals surface area contributed by atoms with Crippen molar-refractivity contribution in [1.82, 2.24) is 14.8 Å². The molecule has 0 saturated heterocycles. The molecule has 1 aromatic carbocycles. The average Bonchev–Trinajstić information content (AvgIpc) is 2.64. The van der Waals surface area contributed by atoms with Crippen LogP contribution in [0.15, 0.2) is 39.1 Å². The van der Waals surface area contributed by atoms with E-state index in [-0.39, 0.29) is 0 Å². The van der Waals surface area contributed by atoms with Gasteiger partial charge >= 0.3 is 0 Å². The van der Waals surface area contributed by atoms with E-state index >= 15 is 0 Å². The molecular weight excluding hydrogens is 302 g/mol. The topological polar surface area (TPSA) is 50.9 Å². The minimum Gasteiger partial charge on any atom is -0.389 e. The van der Waals surface area contributed by atoms with Gasteiger partial charge in [0, 0.05) is 16.4 Å². The summed E-state index contributed by atoms with van der Waals surface area (Å²) in [5.41, 5.74) is 0.882. The maximum Gasteiger partial charge on any atom is 0.190 e. The van der Waals surface area contributed by atoms with Gasteiger partial charge in [-0.2, -0.15) is 5.10 Å². The lowest BCUT2D eigenvalue weighted by molar-refractivity contribution is 0.198. The summed E-state index contributed by atoms with van der Waals surface area (Å²) in [6, 6.07) is 5.85. The molecule has 1 N–H and O–H groups in total. The number of aryl methyl sites for hydroxylation is 1. The van der Waals surface area contributed by atoms with Crippen LogP contribution in [0.5, 0.6) is 0 Å². The zero-order valence-corrected chi connectivity index (χ0v) is 11.9. The number of aromatic nitrogens is 3. The van der Waals surface area contributed by atoms with Gasteiger partial charge in [0.05, 0.1) is 6.10 Å². The van der Waals surface area contributed by atoms with Crippen molar-refractivity contribution < 1.29 is 5.11 Å². The van der Waals surface area contributed by atoms with Gasteiger partial charge in [0.25, 0.3) is 0 Å². The fourth-order valence-electron chi connectivity index (χ4n) is 1.39. The Morgan fingerprint density at radius 2 is 2.24 bits per heavy atom. The van der Waals surface area contributed by atoms with Gasteiger partial charge in [-0.3, -0.25) is 0 Å². The smallest absolute Gasteiger partial charge is 0.190 e. The van der Waals surface area contributed by atoms with E-state index in [0.29, 0.717) is 0 Å². The molecule has 0 aliphatic rings. The van der Waals surface area contributed by atoms with Gasteiger partial charge in [-0.25, -0.2) is 9.67 Å². The molecule has 0 aliphatic heterocycles. The highest BCUT2D eigenvalue weighted by Crippen LogP contribution is 2.31. The molecule has 2 rings (SSSR count). The standard InChI is InChI=1S/C11H12BrN3OS/c1-7(16)9-4-3-8(5-10(9)12)17-11-13-6-14-15(11)2/h3-7,16H,1-2H3/t7-/m1/s1. The third-order valence-electron chi connectivity index (χ3n) is 2.30. The average molecular weight is 314 g/mol. The Morgan fingerprint density at radius 3 is 2.76 bits per heavy atom. The third-order valence-corrected chi connectivity index (χ3v) is 4.03. The molecule has 0 amide bonds. The van der Waals surface area contributed by atoms with Gasteiger partial charge < -0.3 is 5.11 Å². The molecule has 0 radical (unpaired) electrons. The summed E-state index contributed by atoms with van der Waals surface area (Å²) >= 11 is 4.99. The van der Waals surface area contributed by atoms with E-state index in [9.17, 15) is 5.11 Å². The molecule has 0 aliphatic carbocycles. The molecule has 1 heterocycles. The van der Waals surface area contributed by atoms with E-state index in [0.717, 1.165) is 20.1 Å². The van der Waals surface area contributed by atoms with E-state index in [2.05, 4.69) is 26.0 Å². The van der Waals surface area contributed by atoms with Gasteiger partial charge in [-0.1, -0.05) is 33.8 Å². The normalized spacial score (nSPS) is 12.7. The Kier molecular flexibility index (Phi) is 3.86. The van der Waals surface area contributed by atoms with Gasteiger partial charge in [0.1, 0.15) is 6.33 Å². The largest absolute Gasteiger partial charge is 0.389 e. The monoisotopic (exact) mass is 313 g/mol. The number of aliphatic hydroxyl groups is 1. The van der Waals surface area contributed by atoms with Gasteiger partial charge in [0.15, 0.2) is 5.16 Å². The molecule has 0 spiro atoms. The first-order valence-corrected chi connectivity index (χ1v) is 6.68. The van der Waals surface area contributed by atoms with Crippen LogP contribution >= 0.6 is 27.7 Å². The van der Waals surface area contributed by atoms with E-state index in [4.69, 9.17) is 0 Å². The van der Waals surface area contributed by atoms with Crippen molar-refractivity contribution in [3.63, 3.8) is 0 Å². The first-order valence-electron chi connectivity index (χ1n) is 5.07. The molecule has 90 valence electrons. The summed E-state index contributed by atoms with van der Waals surface area (Å²) in [5, 5.41) is 14.4. The lowest BCUT2D eigenvalue weighted by Crippen LogP contribution is -1.94. The van der Waals surface area contributed by atoms with Gasteiger partial charge in [-0.05, 0) is 24.6 Å². The maximum absolute atomic E-state index is 9.53. The first-order chi connectivity index (χ1) is 8.08. The Labute approximate surface area is 112 Å². The number of rotatable bonds is 3.